The summed E-state index contributed by atoms with van der Waals surface area (Å²) in [5.74, 6) is 0. The number of halogens is 1. The lowest BCUT2D eigenvalue weighted by atomic mass is 9.86. The second-order valence-corrected chi connectivity index (χ2v) is 8.06. The van der Waals surface area contributed by atoms with E-state index in [0.717, 1.165) is 31.8 Å². The van der Waals surface area contributed by atoms with Crippen molar-refractivity contribution >= 4 is 49.8 Å². The minimum Gasteiger partial charge on any atom is -0.218 e. The lowest BCUT2D eigenvalue weighted by molar-refractivity contribution is 0.599. The molecule has 5 heteroatoms. The van der Waals surface area contributed by atoms with Crippen LogP contribution < -0.4 is 5.46 Å². The van der Waals surface area contributed by atoms with E-state index in [1.165, 1.54) is 0 Å². The molecule has 1 heterocycles. The van der Waals surface area contributed by atoms with Gasteiger partial charge in [-0.25, -0.2) is 8.42 Å². The quantitative estimate of drug-likeness (QED) is 0.454. The molecule has 0 spiro atoms. The summed E-state index contributed by atoms with van der Waals surface area (Å²) in [6, 6.07) is 15.2. The van der Waals surface area contributed by atoms with Crippen LogP contribution in [0.3, 0.4) is 0 Å². The lowest BCUT2D eigenvalue weighted by Gasteiger charge is -2.08. The van der Waals surface area contributed by atoms with Crippen LogP contribution in [-0.4, -0.2) is 16.3 Å². The molecule has 0 bridgehead atoms. The average Bonchev–Trinajstić information content (AvgIpc) is 2.68. The highest BCUT2D eigenvalue weighted by Crippen LogP contribution is 2.46. The predicted molar refractivity (Wildman–Crippen MR) is 90.7 cm³/mol. The van der Waals surface area contributed by atoms with Gasteiger partial charge in [-0.2, -0.15) is 0 Å². The van der Waals surface area contributed by atoms with Gasteiger partial charge >= 0.3 is 0 Å². The molecule has 2 nitrogen and oxygen atoms in total. The Morgan fingerprint density at radius 1 is 0.905 bits per heavy atom. The minimum absolute atomic E-state index is 0.391. The van der Waals surface area contributed by atoms with E-state index in [1.807, 2.05) is 44.2 Å². The molecule has 0 fully saturated rings. The summed E-state index contributed by atoms with van der Waals surface area (Å²) < 4.78 is 26.4. The van der Waals surface area contributed by atoms with E-state index in [0.29, 0.717) is 9.79 Å². The van der Waals surface area contributed by atoms with E-state index in [-0.39, 0.29) is 0 Å². The maximum absolute atomic E-state index is 12.8. The molecule has 0 aliphatic carbocycles. The standard InChI is InChI=1S/C16H10BBrO2S/c17-13-8-15-16(11-4-2-1-3-10(11)13)12-6-5-9(18)7-14(12)21(15,19)20/h1-8H,17H2. The molecule has 0 N–H and O–H groups in total. The molecule has 0 unspecified atom stereocenters. The van der Waals surface area contributed by atoms with Crippen molar-refractivity contribution in [3.05, 3.63) is 53.0 Å². The molecular formula is C16H10BBrO2S. The molecule has 3 aromatic rings. The van der Waals surface area contributed by atoms with Crippen LogP contribution in [0.5, 0.6) is 0 Å². The molecule has 0 aromatic heterocycles. The largest absolute Gasteiger partial charge is 0.218 e. The summed E-state index contributed by atoms with van der Waals surface area (Å²) in [7, 11) is -1.48. The fourth-order valence-electron chi connectivity index (χ4n) is 3.06. The highest BCUT2D eigenvalue weighted by Gasteiger charge is 2.34. The Morgan fingerprint density at radius 3 is 2.38 bits per heavy atom. The van der Waals surface area contributed by atoms with E-state index in [1.54, 1.807) is 12.1 Å². The Hall–Kier alpha value is -1.59. The van der Waals surface area contributed by atoms with Crippen molar-refractivity contribution in [2.75, 3.05) is 0 Å². The number of hydrogen-bond acceptors (Lipinski definition) is 2. The van der Waals surface area contributed by atoms with Crippen LogP contribution in [0.15, 0.2) is 62.8 Å². The maximum atomic E-state index is 12.8. The number of hydrogen-bond donors (Lipinski definition) is 0. The van der Waals surface area contributed by atoms with Gasteiger partial charge in [0.2, 0.25) is 9.84 Å². The molecule has 1 aliphatic rings. The third-order valence-electron chi connectivity index (χ3n) is 4.01. The Labute approximate surface area is 132 Å². The van der Waals surface area contributed by atoms with Gasteiger partial charge in [-0.3, -0.25) is 0 Å². The first-order valence-electron chi connectivity index (χ1n) is 6.57. The fraction of sp³-hybridized carbons (Fsp3) is 0. The molecule has 4 rings (SSSR count). The molecule has 21 heavy (non-hydrogen) atoms. The van der Waals surface area contributed by atoms with Gasteiger partial charge in [0.25, 0.3) is 0 Å². The fourth-order valence-corrected chi connectivity index (χ4v) is 5.37. The zero-order chi connectivity index (χ0) is 14.8. The van der Waals surface area contributed by atoms with Crippen molar-refractivity contribution in [3.63, 3.8) is 0 Å². The maximum Gasteiger partial charge on any atom is 0.207 e. The van der Waals surface area contributed by atoms with Crippen LogP contribution in [0.1, 0.15) is 0 Å². The normalized spacial score (nSPS) is 14.9. The van der Waals surface area contributed by atoms with Crippen molar-refractivity contribution in [2.45, 2.75) is 9.79 Å². The number of fused-ring (bicyclic) bond motifs is 5. The van der Waals surface area contributed by atoms with Gasteiger partial charge < -0.3 is 0 Å². The van der Waals surface area contributed by atoms with Gasteiger partial charge in [-0.1, -0.05) is 51.7 Å². The molecule has 3 aromatic carbocycles. The topological polar surface area (TPSA) is 34.1 Å². The second-order valence-electron chi connectivity index (χ2n) is 5.26. The SMILES string of the molecule is Bc1cc2c(c3ccccc13)-c1ccc(Br)cc1S2(=O)=O. The lowest BCUT2D eigenvalue weighted by Crippen LogP contribution is -2.08. The van der Waals surface area contributed by atoms with Gasteiger partial charge in [0.1, 0.15) is 7.85 Å². The summed E-state index contributed by atoms with van der Waals surface area (Å²) in [5.41, 5.74) is 2.61. The number of sulfone groups is 1. The summed E-state index contributed by atoms with van der Waals surface area (Å²) in [6.45, 7) is 0. The Kier molecular flexibility index (Phi) is 2.63. The Bertz CT molecular complexity index is 1030. The monoisotopic (exact) mass is 356 g/mol. The van der Waals surface area contributed by atoms with Crippen LogP contribution in [0.25, 0.3) is 21.9 Å². The predicted octanol–water partition coefficient (Wildman–Crippen LogP) is 2.67. The van der Waals surface area contributed by atoms with Gasteiger partial charge in [0.05, 0.1) is 9.79 Å². The number of benzene rings is 3. The van der Waals surface area contributed by atoms with Crippen molar-refractivity contribution in [1.82, 2.24) is 0 Å². The third-order valence-corrected chi connectivity index (χ3v) is 6.32. The zero-order valence-electron chi connectivity index (χ0n) is 11.2. The van der Waals surface area contributed by atoms with E-state index in [4.69, 9.17) is 0 Å². The molecule has 102 valence electrons. The Morgan fingerprint density at radius 2 is 1.62 bits per heavy atom. The van der Waals surface area contributed by atoms with Gasteiger partial charge in [0.15, 0.2) is 0 Å². The van der Waals surface area contributed by atoms with Crippen LogP contribution in [0, 0.1) is 0 Å². The van der Waals surface area contributed by atoms with Gasteiger partial charge in [0, 0.05) is 15.6 Å². The second kappa shape index (κ2) is 4.21. The molecule has 0 atom stereocenters. The van der Waals surface area contributed by atoms with Crippen molar-refractivity contribution in [2.24, 2.45) is 0 Å². The molecule has 0 amide bonds. The zero-order valence-corrected chi connectivity index (χ0v) is 13.6. The van der Waals surface area contributed by atoms with E-state index in [9.17, 15) is 8.42 Å². The van der Waals surface area contributed by atoms with Crippen LogP contribution in [0.4, 0.5) is 0 Å². The number of rotatable bonds is 0. The van der Waals surface area contributed by atoms with E-state index < -0.39 is 9.84 Å². The summed E-state index contributed by atoms with van der Waals surface area (Å²) in [4.78, 5) is 0.814. The van der Waals surface area contributed by atoms with Crippen LogP contribution in [-0.2, 0) is 9.84 Å². The summed E-state index contributed by atoms with van der Waals surface area (Å²) >= 11 is 3.36. The highest BCUT2D eigenvalue weighted by molar-refractivity contribution is 9.10. The highest BCUT2D eigenvalue weighted by atomic mass is 79.9. The molecular weight excluding hydrogens is 347 g/mol. The van der Waals surface area contributed by atoms with Crippen molar-refractivity contribution in [3.8, 4) is 11.1 Å². The smallest absolute Gasteiger partial charge is 0.207 e. The van der Waals surface area contributed by atoms with Gasteiger partial charge in [-0.15, -0.1) is 0 Å². The average molecular weight is 357 g/mol. The van der Waals surface area contributed by atoms with E-state index in [2.05, 4.69) is 15.9 Å². The molecule has 0 saturated heterocycles. The minimum atomic E-state index is -3.43. The first-order valence-corrected chi connectivity index (χ1v) is 8.85. The summed E-state index contributed by atoms with van der Waals surface area (Å²) in [6.07, 6.45) is 0. The molecule has 1 aliphatic heterocycles. The van der Waals surface area contributed by atoms with Crippen molar-refractivity contribution in [1.29, 1.82) is 0 Å². The first-order chi connectivity index (χ1) is 10.00. The molecule has 0 saturated carbocycles. The van der Waals surface area contributed by atoms with Crippen LogP contribution in [0.2, 0.25) is 0 Å². The van der Waals surface area contributed by atoms with E-state index >= 15 is 0 Å². The Balaban J connectivity index is 2.28. The summed E-state index contributed by atoms with van der Waals surface area (Å²) in [5, 5.41) is 2.10. The van der Waals surface area contributed by atoms with Crippen LogP contribution >= 0.6 is 15.9 Å². The van der Waals surface area contributed by atoms with Gasteiger partial charge in [-0.05, 0) is 29.0 Å². The van der Waals surface area contributed by atoms with Crippen molar-refractivity contribution < 1.29 is 8.42 Å². The molecule has 0 radical (unpaired) electrons. The first kappa shape index (κ1) is 13.1. The third kappa shape index (κ3) is 1.68.